The topological polar surface area (TPSA) is 54.0 Å². The minimum Gasteiger partial charge on any atom is -0.466 e. The fraction of sp³-hybridized carbons (Fsp3) is 0.375. The van der Waals surface area contributed by atoms with Crippen LogP contribution >= 0.6 is 0 Å². The van der Waals surface area contributed by atoms with Crippen LogP contribution in [0.25, 0.3) is 0 Å². The molecule has 5 nitrogen and oxygen atoms in total. The van der Waals surface area contributed by atoms with Gasteiger partial charge >= 0.3 is 5.97 Å². The summed E-state index contributed by atoms with van der Waals surface area (Å²) in [6.07, 6.45) is 6.77. The summed E-state index contributed by atoms with van der Waals surface area (Å²) in [6, 6.07) is 18.0. The zero-order valence-electron chi connectivity index (χ0n) is 16.6. The molecular weight excluding hydrogens is 368 g/mol. The summed E-state index contributed by atoms with van der Waals surface area (Å²) in [5.41, 5.74) is 0.619. The predicted molar refractivity (Wildman–Crippen MR) is 109 cm³/mol. The molecule has 29 heavy (non-hydrogen) atoms. The van der Waals surface area contributed by atoms with Gasteiger partial charge in [-0.05, 0) is 55.5 Å². The third-order valence-corrected chi connectivity index (χ3v) is 5.86. The van der Waals surface area contributed by atoms with Crippen molar-refractivity contribution >= 4 is 5.97 Å². The third kappa shape index (κ3) is 4.36. The van der Waals surface area contributed by atoms with Crippen molar-refractivity contribution < 1.29 is 23.7 Å². The van der Waals surface area contributed by atoms with Gasteiger partial charge in [-0.25, -0.2) is 4.79 Å². The van der Waals surface area contributed by atoms with Gasteiger partial charge in [0.1, 0.15) is 11.5 Å². The Hall–Kier alpha value is -2.63. The molecular formula is C24H26O5. The second kappa shape index (κ2) is 8.39. The van der Waals surface area contributed by atoms with Gasteiger partial charge in [-0.3, -0.25) is 0 Å². The maximum absolute atomic E-state index is 11.2. The van der Waals surface area contributed by atoms with E-state index in [2.05, 4.69) is 16.9 Å². The highest BCUT2D eigenvalue weighted by atomic mass is 16.6. The molecule has 2 heterocycles. The van der Waals surface area contributed by atoms with Crippen LogP contribution in [0.1, 0.15) is 31.2 Å². The van der Waals surface area contributed by atoms with E-state index in [1.54, 1.807) is 6.08 Å². The van der Waals surface area contributed by atoms with Crippen molar-refractivity contribution in [3.05, 3.63) is 72.3 Å². The monoisotopic (exact) mass is 394 g/mol. The van der Waals surface area contributed by atoms with E-state index >= 15 is 0 Å². The first kappa shape index (κ1) is 19.7. The number of para-hydroxylation sites is 1. The molecule has 5 heteroatoms. The summed E-state index contributed by atoms with van der Waals surface area (Å²) in [6.45, 7) is 0.939. The van der Waals surface area contributed by atoms with Gasteiger partial charge in [0.25, 0.3) is 0 Å². The molecule has 0 radical (unpaired) electrons. The molecule has 1 aliphatic carbocycles. The van der Waals surface area contributed by atoms with E-state index in [1.165, 1.54) is 13.2 Å². The molecule has 5 rings (SSSR count). The highest BCUT2D eigenvalue weighted by molar-refractivity contribution is 5.81. The van der Waals surface area contributed by atoms with Crippen LogP contribution in [0.4, 0.5) is 0 Å². The van der Waals surface area contributed by atoms with E-state index in [4.69, 9.17) is 14.2 Å². The number of carbonyl (C=O) groups is 1. The standard InChI is InChI=1S/C24H26O5/c1-26-22(25)11-6-16-27-23-12-14-24(15-13-23,28-18-23)19-7-5-10-21(17-19)29-20-8-3-2-4-9-20/h2-11,17H,12-16,18H2,1H3/b11-6+. The summed E-state index contributed by atoms with van der Waals surface area (Å²) in [5.74, 6) is 1.27. The fourth-order valence-electron chi connectivity index (χ4n) is 4.13. The molecule has 3 aliphatic rings. The molecule has 0 unspecified atom stereocenters. The molecule has 0 N–H and O–H groups in total. The van der Waals surface area contributed by atoms with E-state index in [9.17, 15) is 4.79 Å². The zero-order valence-corrected chi connectivity index (χ0v) is 16.6. The third-order valence-electron chi connectivity index (χ3n) is 5.86. The lowest BCUT2D eigenvalue weighted by Gasteiger charge is -2.52. The van der Waals surface area contributed by atoms with Crippen molar-refractivity contribution in [2.45, 2.75) is 36.9 Å². The molecule has 2 aromatic carbocycles. The number of ether oxygens (including phenoxy) is 4. The Morgan fingerprint density at radius 1 is 1.03 bits per heavy atom. The van der Waals surface area contributed by atoms with Crippen LogP contribution in [0.15, 0.2) is 66.7 Å². The van der Waals surface area contributed by atoms with Crippen molar-refractivity contribution in [3.63, 3.8) is 0 Å². The van der Waals surface area contributed by atoms with Gasteiger partial charge < -0.3 is 18.9 Å². The van der Waals surface area contributed by atoms with Crippen LogP contribution in [0.3, 0.4) is 0 Å². The number of fused-ring (bicyclic) bond motifs is 3. The van der Waals surface area contributed by atoms with Gasteiger partial charge in [0.05, 0.1) is 31.5 Å². The van der Waals surface area contributed by atoms with Crippen molar-refractivity contribution in [2.75, 3.05) is 20.3 Å². The summed E-state index contributed by atoms with van der Waals surface area (Å²) in [5, 5.41) is 0. The molecule has 2 aliphatic heterocycles. The number of esters is 1. The van der Waals surface area contributed by atoms with E-state index in [0.29, 0.717) is 13.2 Å². The normalized spacial score (nSPS) is 25.8. The molecule has 3 fully saturated rings. The molecule has 0 spiro atoms. The van der Waals surface area contributed by atoms with Gasteiger partial charge in [0, 0.05) is 6.08 Å². The van der Waals surface area contributed by atoms with Crippen LogP contribution in [0.2, 0.25) is 0 Å². The smallest absolute Gasteiger partial charge is 0.330 e. The molecule has 152 valence electrons. The average Bonchev–Trinajstić information content (AvgIpc) is 2.79. The van der Waals surface area contributed by atoms with Crippen molar-refractivity contribution in [3.8, 4) is 11.5 Å². The Morgan fingerprint density at radius 2 is 1.79 bits per heavy atom. The number of carbonyl (C=O) groups excluding carboxylic acids is 1. The first-order chi connectivity index (χ1) is 14.1. The second-order valence-electron chi connectivity index (χ2n) is 7.65. The largest absolute Gasteiger partial charge is 0.466 e. The van der Waals surface area contributed by atoms with Crippen LogP contribution in [0.5, 0.6) is 11.5 Å². The Labute approximate surface area is 171 Å². The second-order valence-corrected chi connectivity index (χ2v) is 7.65. The quantitative estimate of drug-likeness (QED) is 0.500. The van der Waals surface area contributed by atoms with E-state index in [0.717, 1.165) is 42.7 Å². The predicted octanol–water partition coefficient (Wildman–Crippen LogP) is 4.76. The molecule has 2 saturated heterocycles. The first-order valence-electron chi connectivity index (χ1n) is 9.99. The number of rotatable bonds is 7. The van der Waals surface area contributed by atoms with Crippen molar-refractivity contribution in [1.82, 2.24) is 0 Å². The van der Waals surface area contributed by atoms with Gasteiger partial charge in [-0.1, -0.05) is 36.4 Å². The van der Waals surface area contributed by atoms with Crippen LogP contribution in [-0.4, -0.2) is 31.9 Å². The van der Waals surface area contributed by atoms with Crippen LogP contribution < -0.4 is 4.74 Å². The fourth-order valence-corrected chi connectivity index (χ4v) is 4.13. The van der Waals surface area contributed by atoms with Crippen LogP contribution in [-0.2, 0) is 24.6 Å². The highest BCUT2D eigenvalue weighted by Gasteiger charge is 2.51. The Morgan fingerprint density at radius 3 is 2.48 bits per heavy atom. The number of methoxy groups -OCH3 is 1. The van der Waals surface area contributed by atoms with Gasteiger partial charge in [-0.15, -0.1) is 0 Å². The van der Waals surface area contributed by atoms with Gasteiger partial charge in [0.2, 0.25) is 0 Å². The maximum atomic E-state index is 11.2. The lowest BCUT2D eigenvalue weighted by molar-refractivity contribution is -0.236. The summed E-state index contributed by atoms with van der Waals surface area (Å²) in [4.78, 5) is 11.2. The van der Waals surface area contributed by atoms with Gasteiger partial charge in [0.15, 0.2) is 0 Å². The molecule has 2 aromatic rings. The highest BCUT2D eigenvalue weighted by Crippen LogP contribution is 2.51. The van der Waals surface area contributed by atoms with Crippen molar-refractivity contribution in [1.29, 1.82) is 0 Å². The Bertz CT molecular complexity index is 849. The van der Waals surface area contributed by atoms with Crippen molar-refractivity contribution in [2.24, 2.45) is 0 Å². The van der Waals surface area contributed by atoms with E-state index in [1.807, 2.05) is 42.5 Å². The molecule has 1 saturated carbocycles. The summed E-state index contributed by atoms with van der Waals surface area (Å²) in [7, 11) is 1.36. The lowest BCUT2D eigenvalue weighted by atomic mass is 9.70. The van der Waals surface area contributed by atoms with Crippen LogP contribution in [0, 0.1) is 0 Å². The minimum atomic E-state index is -0.369. The number of hydrogen-bond donors (Lipinski definition) is 0. The van der Waals surface area contributed by atoms with Gasteiger partial charge in [-0.2, -0.15) is 0 Å². The Balaban J connectivity index is 1.40. The zero-order chi connectivity index (χ0) is 20.2. The maximum Gasteiger partial charge on any atom is 0.330 e. The van der Waals surface area contributed by atoms with E-state index in [-0.39, 0.29) is 17.2 Å². The summed E-state index contributed by atoms with van der Waals surface area (Å²) < 4.78 is 23.0. The Kier molecular flexibility index (Phi) is 5.69. The lowest BCUT2D eigenvalue weighted by Crippen LogP contribution is -2.54. The average molecular weight is 394 g/mol. The number of benzene rings is 2. The van der Waals surface area contributed by atoms with E-state index < -0.39 is 0 Å². The molecule has 0 amide bonds. The first-order valence-corrected chi connectivity index (χ1v) is 9.99. The summed E-state index contributed by atoms with van der Waals surface area (Å²) >= 11 is 0. The molecule has 0 aromatic heterocycles. The molecule has 0 atom stereocenters. The SMILES string of the molecule is COC(=O)/C=C/COC12CCC(c3cccc(Oc4ccccc4)c3)(CC1)OC2. The molecule has 2 bridgehead atoms. The minimum absolute atomic E-state index is 0.264. The number of hydrogen-bond acceptors (Lipinski definition) is 5.